The first-order valence-electron chi connectivity index (χ1n) is 7.16. The van der Waals surface area contributed by atoms with Crippen molar-refractivity contribution in [3.8, 4) is 0 Å². The molecule has 0 amide bonds. The minimum Gasteiger partial charge on any atom is -0.358 e. The average Bonchev–Trinajstić information content (AvgIpc) is 2.99. The molecule has 1 aromatic carbocycles. The summed E-state index contributed by atoms with van der Waals surface area (Å²) in [7, 11) is 0. The van der Waals surface area contributed by atoms with E-state index in [4.69, 9.17) is 0 Å². The maximum atomic E-state index is 10.7. The first-order valence-corrected chi connectivity index (χ1v) is 7.16. The van der Waals surface area contributed by atoms with Gasteiger partial charge in [-0.25, -0.2) is 0 Å². The van der Waals surface area contributed by atoms with Crippen LogP contribution in [-0.2, 0) is 6.54 Å². The van der Waals surface area contributed by atoms with Crippen molar-refractivity contribution < 1.29 is 4.92 Å². The third-order valence-electron chi connectivity index (χ3n) is 3.93. The molecule has 1 unspecified atom stereocenters. The smallest absolute Gasteiger partial charge is 0.358 e. The van der Waals surface area contributed by atoms with Crippen molar-refractivity contribution in [2.75, 3.05) is 13.1 Å². The lowest BCUT2D eigenvalue weighted by atomic mass is 10.0. The van der Waals surface area contributed by atoms with E-state index in [0.29, 0.717) is 0 Å². The predicted octanol–water partition coefficient (Wildman–Crippen LogP) is 2.63. The molecule has 2 aromatic rings. The van der Waals surface area contributed by atoms with Crippen LogP contribution in [0.25, 0.3) is 0 Å². The number of likely N-dealkylation sites (tertiary alicyclic amines) is 1. The van der Waals surface area contributed by atoms with Gasteiger partial charge in [0.15, 0.2) is 0 Å². The van der Waals surface area contributed by atoms with E-state index >= 15 is 0 Å². The maximum absolute atomic E-state index is 10.7. The Kier molecular flexibility index (Phi) is 3.96. The van der Waals surface area contributed by atoms with E-state index in [-0.39, 0.29) is 11.9 Å². The van der Waals surface area contributed by atoms with Crippen LogP contribution in [0.2, 0.25) is 0 Å². The zero-order valence-electron chi connectivity index (χ0n) is 11.8. The number of rotatable bonds is 4. The van der Waals surface area contributed by atoms with Crippen LogP contribution in [0.1, 0.15) is 24.4 Å². The van der Waals surface area contributed by atoms with E-state index in [9.17, 15) is 10.1 Å². The van der Waals surface area contributed by atoms with E-state index in [1.807, 2.05) is 10.6 Å². The predicted molar refractivity (Wildman–Crippen MR) is 78.9 cm³/mol. The van der Waals surface area contributed by atoms with E-state index in [0.717, 1.165) is 32.5 Å². The third kappa shape index (κ3) is 3.28. The van der Waals surface area contributed by atoms with Crippen LogP contribution < -0.4 is 0 Å². The fourth-order valence-electron chi connectivity index (χ4n) is 2.88. The molecular weight excluding hydrogens is 268 g/mol. The minimum atomic E-state index is -0.443. The lowest BCUT2D eigenvalue weighted by molar-refractivity contribution is -0.389. The first kappa shape index (κ1) is 13.8. The molecule has 0 aliphatic carbocycles. The molecule has 0 radical (unpaired) electrons. The molecule has 1 atom stereocenters. The van der Waals surface area contributed by atoms with Gasteiger partial charge in [0.1, 0.15) is 6.20 Å². The van der Waals surface area contributed by atoms with Gasteiger partial charge >= 0.3 is 5.82 Å². The van der Waals surface area contributed by atoms with Crippen molar-refractivity contribution in [3.63, 3.8) is 0 Å². The summed E-state index contributed by atoms with van der Waals surface area (Å²) in [6.07, 6.45) is 5.26. The van der Waals surface area contributed by atoms with Gasteiger partial charge in [-0.3, -0.25) is 4.90 Å². The fourth-order valence-corrected chi connectivity index (χ4v) is 2.88. The molecular formula is C15H18N4O2. The Hall–Kier alpha value is -2.21. The Morgan fingerprint density at radius 1 is 1.33 bits per heavy atom. The van der Waals surface area contributed by atoms with Crippen LogP contribution >= 0.6 is 0 Å². The maximum Gasteiger partial charge on any atom is 0.381 e. The van der Waals surface area contributed by atoms with Gasteiger partial charge in [-0.1, -0.05) is 30.3 Å². The van der Waals surface area contributed by atoms with Gasteiger partial charge in [-0.15, -0.1) is 0 Å². The molecule has 1 aliphatic heterocycles. The summed E-state index contributed by atoms with van der Waals surface area (Å²) in [6.45, 7) is 2.90. The van der Waals surface area contributed by atoms with Crippen LogP contribution in [0.15, 0.2) is 42.9 Å². The molecule has 0 bridgehead atoms. The van der Waals surface area contributed by atoms with Gasteiger partial charge in [-0.2, -0.15) is 0 Å². The Labute approximate surface area is 123 Å². The normalized spacial score (nSPS) is 19.5. The second kappa shape index (κ2) is 6.05. The number of imidazole rings is 1. The van der Waals surface area contributed by atoms with Crippen LogP contribution in [0.3, 0.4) is 0 Å². The molecule has 6 heteroatoms. The van der Waals surface area contributed by atoms with E-state index in [1.54, 1.807) is 6.33 Å². The Morgan fingerprint density at radius 3 is 2.86 bits per heavy atom. The molecule has 6 nitrogen and oxygen atoms in total. The molecule has 1 aliphatic rings. The molecule has 1 aromatic heterocycles. The van der Waals surface area contributed by atoms with Gasteiger partial charge in [0.25, 0.3) is 0 Å². The number of nitrogens with zero attached hydrogens (tertiary/aromatic N) is 4. The van der Waals surface area contributed by atoms with Crippen LogP contribution in [-0.4, -0.2) is 32.5 Å². The SMILES string of the molecule is O=[N+]([O-])c1cn(C2CCCN(Cc3ccccc3)C2)cn1. The van der Waals surface area contributed by atoms with Gasteiger partial charge in [-0.05, 0) is 34.9 Å². The quantitative estimate of drug-likeness (QED) is 0.640. The Morgan fingerprint density at radius 2 is 2.14 bits per heavy atom. The topological polar surface area (TPSA) is 64.2 Å². The highest BCUT2D eigenvalue weighted by Gasteiger charge is 2.23. The van der Waals surface area contributed by atoms with Crippen LogP contribution in [0.5, 0.6) is 0 Å². The highest BCUT2D eigenvalue weighted by atomic mass is 16.6. The second-order valence-electron chi connectivity index (χ2n) is 5.45. The number of benzene rings is 1. The lowest BCUT2D eigenvalue weighted by Crippen LogP contribution is -2.35. The minimum absolute atomic E-state index is 0.0739. The van der Waals surface area contributed by atoms with Crippen molar-refractivity contribution in [2.24, 2.45) is 0 Å². The van der Waals surface area contributed by atoms with Gasteiger partial charge in [0.05, 0.1) is 0 Å². The van der Waals surface area contributed by atoms with E-state index in [1.165, 1.54) is 11.8 Å². The van der Waals surface area contributed by atoms with Crippen molar-refractivity contribution in [1.82, 2.24) is 14.5 Å². The molecule has 0 N–H and O–H groups in total. The standard InChI is InChI=1S/C15H18N4O2/c20-19(21)15-11-18(12-16-15)14-7-4-8-17(10-14)9-13-5-2-1-3-6-13/h1-3,5-6,11-12,14H,4,7-10H2. The molecule has 1 saturated heterocycles. The van der Waals surface area contributed by atoms with Crippen LogP contribution in [0, 0.1) is 10.1 Å². The number of hydrogen-bond acceptors (Lipinski definition) is 4. The van der Waals surface area contributed by atoms with Crippen molar-refractivity contribution in [1.29, 1.82) is 0 Å². The summed E-state index contributed by atoms with van der Waals surface area (Å²) in [5.41, 5.74) is 1.30. The highest BCUT2D eigenvalue weighted by molar-refractivity contribution is 5.15. The summed E-state index contributed by atoms with van der Waals surface area (Å²) in [4.78, 5) is 16.5. The first-order chi connectivity index (χ1) is 10.2. The molecule has 3 rings (SSSR count). The van der Waals surface area contributed by atoms with E-state index in [2.05, 4.69) is 34.1 Å². The average molecular weight is 286 g/mol. The zero-order chi connectivity index (χ0) is 14.7. The van der Waals surface area contributed by atoms with Crippen molar-refractivity contribution in [2.45, 2.75) is 25.4 Å². The summed E-state index contributed by atoms with van der Waals surface area (Å²) in [5.74, 6) is -0.0739. The van der Waals surface area contributed by atoms with E-state index < -0.39 is 4.92 Å². The molecule has 0 saturated carbocycles. The molecule has 21 heavy (non-hydrogen) atoms. The fraction of sp³-hybridized carbons (Fsp3) is 0.400. The van der Waals surface area contributed by atoms with Gasteiger partial charge < -0.3 is 14.7 Å². The summed E-state index contributed by atoms with van der Waals surface area (Å²) in [5, 5.41) is 10.7. The Bertz CT molecular complexity index is 611. The zero-order valence-corrected chi connectivity index (χ0v) is 11.8. The van der Waals surface area contributed by atoms with Gasteiger partial charge in [0, 0.05) is 19.1 Å². The summed E-state index contributed by atoms with van der Waals surface area (Å²) in [6, 6.07) is 10.7. The van der Waals surface area contributed by atoms with Crippen molar-refractivity contribution in [3.05, 3.63) is 58.5 Å². The number of hydrogen-bond donors (Lipinski definition) is 0. The number of aromatic nitrogens is 2. The Balaban J connectivity index is 1.66. The number of piperidine rings is 1. The summed E-state index contributed by atoms with van der Waals surface area (Å²) < 4.78 is 1.88. The highest BCUT2D eigenvalue weighted by Crippen LogP contribution is 2.24. The lowest BCUT2D eigenvalue weighted by Gasteiger charge is -2.32. The van der Waals surface area contributed by atoms with Crippen molar-refractivity contribution >= 4 is 5.82 Å². The molecule has 1 fully saturated rings. The monoisotopic (exact) mass is 286 g/mol. The second-order valence-corrected chi connectivity index (χ2v) is 5.45. The van der Waals surface area contributed by atoms with Gasteiger partial charge in [0.2, 0.25) is 6.33 Å². The molecule has 0 spiro atoms. The third-order valence-corrected chi connectivity index (χ3v) is 3.93. The summed E-state index contributed by atoms with van der Waals surface area (Å²) >= 11 is 0. The largest absolute Gasteiger partial charge is 0.381 e. The number of nitro groups is 1. The molecule has 2 heterocycles. The van der Waals surface area contributed by atoms with Crippen LogP contribution in [0.4, 0.5) is 5.82 Å². The molecule has 110 valence electrons.